The molecule has 1 saturated heterocycles. The minimum Gasteiger partial charge on any atom is -0.497 e. The fourth-order valence-corrected chi connectivity index (χ4v) is 3.55. The summed E-state index contributed by atoms with van der Waals surface area (Å²) in [5, 5.41) is 6.85. The minimum absolute atomic E-state index is 0.0786. The van der Waals surface area contributed by atoms with Crippen molar-refractivity contribution in [2.45, 2.75) is 18.9 Å². The van der Waals surface area contributed by atoms with E-state index in [0.717, 1.165) is 25.3 Å². The highest BCUT2D eigenvalue weighted by atomic mass is 16.5. The fourth-order valence-electron chi connectivity index (χ4n) is 3.55. The predicted octanol–water partition coefficient (Wildman–Crippen LogP) is 3.94. The maximum Gasteiger partial charge on any atom is 0.325 e. The molecule has 1 aliphatic heterocycles. The largest absolute Gasteiger partial charge is 0.497 e. The summed E-state index contributed by atoms with van der Waals surface area (Å²) in [6, 6.07) is 14.6. The number of anilines is 1. The number of benzene rings is 2. The summed E-state index contributed by atoms with van der Waals surface area (Å²) in [6.45, 7) is 1.77. The molecule has 9 heteroatoms. The van der Waals surface area contributed by atoms with Crippen molar-refractivity contribution >= 4 is 11.6 Å². The summed E-state index contributed by atoms with van der Waals surface area (Å²) in [5.41, 5.74) is 1.24. The van der Waals surface area contributed by atoms with E-state index in [9.17, 15) is 4.79 Å². The van der Waals surface area contributed by atoms with Gasteiger partial charge in [-0.3, -0.25) is 4.79 Å². The van der Waals surface area contributed by atoms with E-state index in [1.54, 1.807) is 51.7 Å². The molecule has 1 aromatic heterocycles. The molecule has 3 aromatic rings. The lowest BCUT2D eigenvalue weighted by Crippen LogP contribution is -2.29. The molecule has 0 saturated carbocycles. The smallest absolute Gasteiger partial charge is 0.325 e. The van der Waals surface area contributed by atoms with Crippen LogP contribution in [0.1, 0.15) is 23.2 Å². The molecule has 0 aliphatic carbocycles. The molecule has 0 spiro atoms. The highest BCUT2D eigenvalue weighted by Gasteiger charge is 2.17. The number of hydrogen-bond donors (Lipinski definition) is 2. The van der Waals surface area contributed by atoms with Crippen molar-refractivity contribution in [2.24, 2.45) is 0 Å². The van der Waals surface area contributed by atoms with Crippen molar-refractivity contribution in [3.05, 3.63) is 60.3 Å². The lowest BCUT2D eigenvalue weighted by atomic mass is 10.2. The van der Waals surface area contributed by atoms with E-state index in [4.69, 9.17) is 14.2 Å². The van der Waals surface area contributed by atoms with Crippen LogP contribution in [0.15, 0.2) is 54.7 Å². The summed E-state index contributed by atoms with van der Waals surface area (Å²) in [4.78, 5) is 22.4. The van der Waals surface area contributed by atoms with Gasteiger partial charge in [0, 0.05) is 32.2 Å². The third-order valence-electron chi connectivity index (χ3n) is 5.42. The van der Waals surface area contributed by atoms with Crippen molar-refractivity contribution in [1.29, 1.82) is 0 Å². The Hall–Kier alpha value is -3.85. The van der Waals surface area contributed by atoms with Gasteiger partial charge in [0.25, 0.3) is 5.91 Å². The van der Waals surface area contributed by atoms with Crippen LogP contribution in [-0.2, 0) is 0 Å². The van der Waals surface area contributed by atoms with Gasteiger partial charge in [0.05, 0.1) is 13.3 Å². The number of hydrogen-bond acceptors (Lipinski definition) is 8. The summed E-state index contributed by atoms with van der Waals surface area (Å²) in [6.07, 6.45) is 3.94. The second-order valence-corrected chi connectivity index (χ2v) is 8.15. The van der Waals surface area contributed by atoms with Gasteiger partial charge < -0.3 is 29.7 Å². The van der Waals surface area contributed by atoms with Gasteiger partial charge in [0.1, 0.15) is 22.9 Å². The number of nitrogens with zero attached hydrogens (tertiary/aromatic N) is 3. The second kappa shape index (κ2) is 10.8. The summed E-state index contributed by atoms with van der Waals surface area (Å²) in [5.74, 6) is 2.14. The van der Waals surface area contributed by atoms with Gasteiger partial charge in [0.2, 0.25) is 5.88 Å². The molecular weight excluding hydrogens is 434 g/mol. The lowest BCUT2D eigenvalue weighted by Gasteiger charge is -2.16. The van der Waals surface area contributed by atoms with E-state index in [2.05, 4.69) is 20.6 Å². The minimum atomic E-state index is -0.0786. The molecule has 0 bridgehead atoms. The fraction of sp³-hybridized carbons (Fsp3) is 0.320. The van der Waals surface area contributed by atoms with E-state index < -0.39 is 0 Å². The Labute approximate surface area is 199 Å². The van der Waals surface area contributed by atoms with Crippen LogP contribution in [0.2, 0.25) is 0 Å². The number of rotatable bonds is 9. The normalized spacial score (nSPS) is 15.0. The number of nitrogens with one attached hydrogen (secondary N) is 2. The second-order valence-electron chi connectivity index (χ2n) is 8.15. The molecule has 1 atom stereocenters. The third-order valence-corrected chi connectivity index (χ3v) is 5.42. The number of aromatic nitrogens is 2. The predicted molar refractivity (Wildman–Crippen MR) is 129 cm³/mol. The first-order valence-corrected chi connectivity index (χ1v) is 11.2. The van der Waals surface area contributed by atoms with E-state index in [-0.39, 0.29) is 11.9 Å². The molecule has 9 nitrogen and oxygen atoms in total. The zero-order valence-corrected chi connectivity index (χ0v) is 19.6. The van der Waals surface area contributed by atoms with Gasteiger partial charge >= 0.3 is 6.01 Å². The van der Waals surface area contributed by atoms with E-state index in [0.29, 0.717) is 34.7 Å². The zero-order chi connectivity index (χ0) is 23.9. The SMILES string of the molecule is COc1ccc(Oc2nc(Oc3ccc(C(=O)N(C)C)cc3)ncc2NC[C@@H]2CCCN2)cc1. The molecule has 2 heterocycles. The number of methoxy groups -OCH3 is 1. The molecule has 2 aromatic carbocycles. The Morgan fingerprint density at radius 3 is 2.38 bits per heavy atom. The van der Waals surface area contributed by atoms with E-state index in [1.807, 2.05) is 24.3 Å². The number of amides is 1. The molecule has 1 amide bonds. The quantitative estimate of drug-likeness (QED) is 0.493. The molecular formula is C25H29N5O4. The van der Waals surface area contributed by atoms with E-state index in [1.165, 1.54) is 11.3 Å². The standard InChI is InChI=1S/C25H29N5O4/c1-30(2)24(31)17-6-8-21(9-7-17)34-25-28-16-22(27-15-18-5-4-14-26-18)23(29-25)33-20-12-10-19(32-3)11-13-20/h6-13,16,18,26-27H,4-5,14-15H2,1-3H3/t18-/m0/s1. The molecule has 0 unspecified atom stereocenters. The maximum absolute atomic E-state index is 12.1. The van der Waals surface area contributed by atoms with Crippen molar-refractivity contribution in [2.75, 3.05) is 39.6 Å². The molecule has 1 aliphatic rings. The molecule has 34 heavy (non-hydrogen) atoms. The summed E-state index contributed by atoms with van der Waals surface area (Å²) >= 11 is 0. The molecule has 1 fully saturated rings. The first kappa shape index (κ1) is 23.3. The van der Waals surface area contributed by atoms with Crippen molar-refractivity contribution in [3.63, 3.8) is 0 Å². The van der Waals surface area contributed by atoms with Crippen LogP contribution in [0.5, 0.6) is 29.1 Å². The number of ether oxygens (including phenoxy) is 3. The van der Waals surface area contributed by atoms with Crippen LogP contribution in [0.25, 0.3) is 0 Å². The Bertz CT molecular complexity index is 1100. The monoisotopic (exact) mass is 463 g/mol. The Balaban J connectivity index is 1.52. The third kappa shape index (κ3) is 5.93. The first-order valence-electron chi connectivity index (χ1n) is 11.2. The Morgan fingerprint density at radius 2 is 1.74 bits per heavy atom. The molecule has 2 N–H and O–H groups in total. The summed E-state index contributed by atoms with van der Waals surface area (Å²) < 4.78 is 17.1. The number of carbonyl (C=O) groups is 1. The van der Waals surface area contributed by atoms with Crippen LogP contribution in [0.3, 0.4) is 0 Å². The zero-order valence-electron chi connectivity index (χ0n) is 19.6. The number of carbonyl (C=O) groups excluding carboxylic acids is 1. The van der Waals surface area contributed by atoms with Gasteiger partial charge in [-0.25, -0.2) is 4.98 Å². The van der Waals surface area contributed by atoms with Gasteiger partial charge in [-0.05, 0) is 67.9 Å². The lowest BCUT2D eigenvalue weighted by molar-refractivity contribution is 0.0827. The summed E-state index contributed by atoms with van der Waals surface area (Å²) in [7, 11) is 5.04. The van der Waals surface area contributed by atoms with Crippen LogP contribution in [-0.4, -0.2) is 61.1 Å². The van der Waals surface area contributed by atoms with Crippen LogP contribution in [0, 0.1) is 0 Å². The van der Waals surface area contributed by atoms with Crippen LogP contribution < -0.4 is 24.8 Å². The average Bonchev–Trinajstić information content (AvgIpc) is 3.38. The highest BCUT2D eigenvalue weighted by Crippen LogP contribution is 2.31. The molecule has 0 radical (unpaired) electrons. The van der Waals surface area contributed by atoms with E-state index >= 15 is 0 Å². The van der Waals surface area contributed by atoms with Crippen molar-refractivity contribution in [1.82, 2.24) is 20.2 Å². The maximum atomic E-state index is 12.1. The van der Waals surface area contributed by atoms with Gasteiger partial charge in [0.15, 0.2) is 0 Å². The van der Waals surface area contributed by atoms with Crippen molar-refractivity contribution in [3.8, 4) is 29.1 Å². The van der Waals surface area contributed by atoms with Crippen LogP contribution >= 0.6 is 0 Å². The highest BCUT2D eigenvalue weighted by molar-refractivity contribution is 5.93. The topological polar surface area (TPSA) is 97.8 Å². The van der Waals surface area contributed by atoms with Gasteiger partial charge in [-0.1, -0.05) is 0 Å². The molecule has 4 rings (SSSR count). The van der Waals surface area contributed by atoms with Crippen molar-refractivity contribution < 1.29 is 19.0 Å². The Kier molecular flexibility index (Phi) is 7.44. The average molecular weight is 464 g/mol. The molecule has 178 valence electrons. The first-order chi connectivity index (χ1) is 16.5. The van der Waals surface area contributed by atoms with Gasteiger partial charge in [-0.15, -0.1) is 0 Å². The van der Waals surface area contributed by atoms with Crippen LogP contribution in [0.4, 0.5) is 5.69 Å². The van der Waals surface area contributed by atoms with Gasteiger partial charge in [-0.2, -0.15) is 4.98 Å². The Morgan fingerprint density at radius 1 is 1.06 bits per heavy atom.